The standard InChI is InChI=1S/C20H22ClN3O.C20H23N3O.3C19H20ClN3.C19H22N4O/c1-25-17-8-7-13(11-16(17)21)19-18-14(12-23-19)9-10-22-20(18)24-15-5-3-2-4-6-15;1-24-17-9-7-14(8-10-17)19-18-15(13-22-19)11-12-21-20(18)23-16-5-3-2-4-6-16;20-15-6-4-5-13(11-15)18-17-14(12-22-18)9-10-21-19(17)23-16-7-2-1-3-8-16;20-16-9-5-4-8-15(16)18-17-13(12-22-18)10-11-21-19(17)23-14-6-2-1-3-7-14;20-15-8-6-13(7-9-15)18-17-14(12-22-18)10-11-21-19(17)23-16-4-2-1-3-5-16;1-24-16-8-7-14(12-21-16)18-17-13(11-22-18)9-10-20-19(17)23-15-5-3-2-4-6-15/h7-11,15H,2-6,12H2,1H3,(H,22,24);7-12,16H,2-6,13H2,1H3,(H,21,23);4-6,9-11,16H,1-3,7-8,12H2,(H,21,23);4-5,8-11,14H,1-3,6-7,12H2,(H,21,23);6-11,16H,1-5,12H2,(H,21,23);7-10,12,15H,2-6,11H2,1H3,(H,20,23). The summed E-state index contributed by atoms with van der Waals surface area (Å²) in [5.74, 6) is 7.99. The van der Waals surface area contributed by atoms with Gasteiger partial charge in [-0.1, -0.05) is 204 Å². The number of rotatable bonds is 21. The molecule has 0 atom stereocenters. The predicted molar refractivity (Wildman–Crippen MR) is 581 cm³/mol. The van der Waals surface area contributed by atoms with Crippen molar-refractivity contribution >= 4 is 116 Å². The molecule has 24 rings (SSSR count). The zero-order valence-corrected chi connectivity index (χ0v) is 84.6. The molecule has 26 heteroatoms. The van der Waals surface area contributed by atoms with E-state index in [1.165, 1.54) is 237 Å². The van der Waals surface area contributed by atoms with E-state index in [1.54, 1.807) is 21.3 Å². The number of aromatic nitrogens is 7. The van der Waals surface area contributed by atoms with Gasteiger partial charge in [0.25, 0.3) is 0 Å². The molecule has 732 valence electrons. The van der Waals surface area contributed by atoms with E-state index in [-0.39, 0.29) is 0 Å². The van der Waals surface area contributed by atoms with Gasteiger partial charge in [0.2, 0.25) is 5.88 Å². The minimum absolute atomic E-state index is 0.508. The number of ether oxygens (including phenoxy) is 3. The summed E-state index contributed by atoms with van der Waals surface area (Å²) < 4.78 is 15.7. The highest BCUT2D eigenvalue weighted by Gasteiger charge is 2.33. The smallest absolute Gasteiger partial charge is 0.212 e. The number of hydrogen-bond acceptors (Lipinski definition) is 22. The molecule has 6 N–H and O–H groups in total. The normalized spacial score (nSPS) is 17.5. The summed E-state index contributed by atoms with van der Waals surface area (Å²) in [5, 5.41) is 24.9. The molecule has 0 radical (unpaired) electrons. The molecule has 13 heterocycles. The van der Waals surface area contributed by atoms with E-state index >= 15 is 0 Å². The van der Waals surface area contributed by atoms with Gasteiger partial charge >= 0.3 is 0 Å². The van der Waals surface area contributed by atoms with Crippen LogP contribution >= 0.6 is 46.4 Å². The summed E-state index contributed by atoms with van der Waals surface area (Å²) in [5.41, 5.74) is 26.6. The van der Waals surface area contributed by atoms with Crippen LogP contribution in [0.1, 0.15) is 293 Å². The molecule has 0 saturated heterocycles. The number of aliphatic imine (C=N–C) groups is 6. The van der Waals surface area contributed by atoms with Crippen LogP contribution in [-0.2, 0) is 39.3 Å². The first-order valence-electron chi connectivity index (χ1n) is 51.4. The largest absolute Gasteiger partial charge is 0.497 e. The number of halogens is 4. The zero-order valence-electron chi connectivity index (χ0n) is 81.6. The van der Waals surface area contributed by atoms with Gasteiger partial charge in [-0.05, 0) is 226 Å². The Hall–Kier alpha value is -12.5. The fourth-order valence-corrected chi connectivity index (χ4v) is 22.4. The molecular formula is C116H127Cl4N19O3. The highest BCUT2D eigenvalue weighted by molar-refractivity contribution is 6.36. The average molecular weight is 1980 g/mol. The molecule has 6 fully saturated rings. The monoisotopic (exact) mass is 1970 g/mol. The lowest BCUT2D eigenvalue weighted by Crippen LogP contribution is -2.24. The Balaban J connectivity index is 0.000000108. The zero-order chi connectivity index (χ0) is 96.9. The first-order chi connectivity index (χ1) is 69.9. The van der Waals surface area contributed by atoms with Crippen LogP contribution in [0, 0.1) is 0 Å². The van der Waals surface area contributed by atoms with Crippen LogP contribution in [0.5, 0.6) is 17.4 Å². The topological polar surface area (TPSA) is 264 Å². The minimum Gasteiger partial charge on any atom is -0.497 e. The number of benzene rings is 5. The van der Waals surface area contributed by atoms with E-state index < -0.39 is 0 Å². The van der Waals surface area contributed by atoms with Crippen LogP contribution in [0.2, 0.25) is 20.1 Å². The molecule has 0 unspecified atom stereocenters. The third-order valence-electron chi connectivity index (χ3n) is 29.1. The van der Waals surface area contributed by atoms with Crippen molar-refractivity contribution in [1.29, 1.82) is 0 Å². The Labute approximate surface area is 854 Å². The van der Waals surface area contributed by atoms with Crippen LogP contribution in [-0.4, -0.2) is 127 Å². The lowest BCUT2D eigenvalue weighted by Gasteiger charge is -2.24. The number of nitrogens with zero attached hydrogens (tertiary/aromatic N) is 13. The van der Waals surface area contributed by atoms with Gasteiger partial charge in [0.15, 0.2) is 0 Å². The second-order valence-electron chi connectivity index (χ2n) is 38.7. The molecule has 7 aromatic heterocycles. The van der Waals surface area contributed by atoms with Gasteiger partial charge in [-0.25, -0.2) is 34.9 Å². The fourth-order valence-electron chi connectivity index (χ4n) is 21.6. The molecule has 22 nitrogen and oxygen atoms in total. The molecule has 6 aliphatic carbocycles. The molecule has 12 aromatic rings. The molecule has 12 aliphatic rings. The predicted octanol–water partition coefficient (Wildman–Crippen LogP) is 27.1. The maximum Gasteiger partial charge on any atom is 0.212 e. The number of fused-ring (bicyclic) bond motifs is 6. The molecule has 142 heavy (non-hydrogen) atoms. The third-order valence-corrected chi connectivity index (χ3v) is 30.2. The molecule has 6 saturated carbocycles. The van der Waals surface area contributed by atoms with Crippen molar-refractivity contribution in [2.45, 2.75) is 268 Å². The quantitative estimate of drug-likeness (QED) is 0.0390. The summed E-state index contributed by atoms with van der Waals surface area (Å²) in [6.07, 6.45) is 51.7. The molecule has 0 spiro atoms. The van der Waals surface area contributed by atoms with Crippen molar-refractivity contribution in [2.75, 3.05) is 53.2 Å². The molecule has 5 aromatic carbocycles. The van der Waals surface area contributed by atoms with Crippen molar-refractivity contribution in [3.05, 3.63) is 327 Å². The van der Waals surface area contributed by atoms with Crippen LogP contribution in [0.4, 0.5) is 34.9 Å². The van der Waals surface area contributed by atoms with Gasteiger partial charge in [-0.2, -0.15) is 0 Å². The number of hydrogen-bond donors (Lipinski definition) is 6. The minimum atomic E-state index is 0.508. The second-order valence-corrected chi connectivity index (χ2v) is 40.4. The maximum absolute atomic E-state index is 6.39. The summed E-state index contributed by atoms with van der Waals surface area (Å²) in [7, 11) is 4.94. The van der Waals surface area contributed by atoms with Crippen molar-refractivity contribution < 1.29 is 14.2 Å². The Morgan fingerprint density at radius 1 is 0.246 bits per heavy atom. The summed E-state index contributed by atoms with van der Waals surface area (Å²) in [4.78, 5) is 60.6. The number of methoxy groups -OCH3 is 3. The maximum atomic E-state index is 6.39. The van der Waals surface area contributed by atoms with Crippen LogP contribution < -0.4 is 46.1 Å². The Morgan fingerprint density at radius 2 is 0.556 bits per heavy atom. The summed E-state index contributed by atoms with van der Waals surface area (Å²) in [6.45, 7) is 4.29. The molecule has 6 aliphatic heterocycles. The summed E-state index contributed by atoms with van der Waals surface area (Å²) >= 11 is 24.9. The van der Waals surface area contributed by atoms with Crippen LogP contribution in [0.25, 0.3) is 0 Å². The van der Waals surface area contributed by atoms with E-state index in [1.807, 2.05) is 153 Å². The average Bonchev–Trinajstić information content (AvgIpc) is 1.66. The van der Waals surface area contributed by atoms with Gasteiger partial charge in [0, 0.05) is 168 Å². The third kappa shape index (κ3) is 24.0. The van der Waals surface area contributed by atoms with Gasteiger partial charge in [-0.15, -0.1) is 0 Å². The Morgan fingerprint density at radius 3 is 0.873 bits per heavy atom. The lowest BCUT2D eigenvalue weighted by molar-refractivity contribution is 0.398. The van der Waals surface area contributed by atoms with Crippen molar-refractivity contribution in [1.82, 2.24) is 34.9 Å². The van der Waals surface area contributed by atoms with Crippen molar-refractivity contribution in [3.63, 3.8) is 0 Å². The molecule has 0 amide bonds. The molecular weight excluding hydrogens is 1850 g/mol. The van der Waals surface area contributed by atoms with E-state index in [4.69, 9.17) is 90.6 Å². The van der Waals surface area contributed by atoms with Crippen molar-refractivity contribution in [3.8, 4) is 17.4 Å². The van der Waals surface area contributed by atoms with E-state index in [0.717, 1.165) is 165 Å². The molecule has 0 bridgehead atoms. The Bertz CT molecular complexity index is 6440. The van der Waals surface area contributed by atoms with Crippen LogP contribution in [0.3, 0.4) is 0 Å². The number of pyridine rings is 7. The number of anilines is 6. The Kier molecular flexibility index (Phi) is 33.3. The van der Waals surface area contributed by atoms with E-state index in [0.29, 0.717) is 72.5 Å². The van der Waals surface area contributed by atoms with Crippen LogP contribution in [0.15, 0.2) is 237 Å². The fraction of sp³-hybridized carbons (Fsp3) is 0.388. The van der Waals surface area contributed by atoms with E-state index in [2.05, 4.69) is 121 Å². The van der Waals surface area contributed by atoms with Gasteiger partial charge in [-0.3, -0.25) is 30.0 Å². The number of nitrogens with one attached hydrogen (secondary N) is 6. The van der Waals surface area contributed by atoms with E-state index in [9.17, 15) is 0 Å². The first kappa shape index (κ1) is 98.3. The highest BCUT2D eigenvalue weighted by Crippen LogP contribution is 2.41. The highest BCUT2D eigenvalue weighted by atomic mass is 35.5. The summed E-state index contributed by atoms with van der Waals surface area (Å²) in [6, 6.07) is 57.1. The van der Waals surface area contributed by atoms with Crippen molar-refractivity contribution in [2.24, 2.45) is 30.0 Å². The van der Waals surface area contributed by atoms with Gasteiger partial charge in [0.1, 0.15) is 46.4 Å². The second kappa shape index (κ2) is 48.1. The SMILES string of the molecule is COc1ccc(C2=NCc3ccnc(NC4CCCCC4)c32)cc1.COc1ccc(C2=NCc3ccnc(NC4CCCCC4)c32)cc1Cl.COc1ccc(C2=NCc3ccnc(NC4CCCCC4)c32)cn1.Clc1ccc(C2=NCc3ccnc(NC4CCCCC4)c32)cc1.Clc1cccc(C2=NCc3ccnc(NC4CCCCC4)c32)c1.Clc1ccccc1C1=NCc2ccnc(NC3CCCCC3)c21. The lowest BCUT2D eigenvalue weighted by atomic mass is 9.94. The van der Waals surface area contributed by atoms with Gasteiger partial charge in [0.05, 0.1) is 99.9 Å². The van der Waals surface area contributed by atoms with Gasteiger partial charge < -0.3 is 46.1 Å². The first-order valence-corrected chi connectivity index (χ1v) is 52.9.